The largest absolute Gasteiger partial charge is 0.481 e. The lowest BCUT2D eigenvalue weighted by atomic mass is 9.79. The number of aliphatic carboxylic acids is 1. The molecule has 1 aliphatic carbocycles. The molecule has 1 unspecified atom stereocenters. The Kier molecular flexibility index (Phi) is 4.68. The molecule has 5 heteroatoms. The summed E-state index contributed by atoms with van der Waals surface area (Å²) in [4.78, 5) is 23.3. The van der Waals surface area contributed by atoms with Gasteiger partial charge in [0.25, 0.3) is 0 Å². The van der Waals surface area contributed by atoms with Crippen LogP contribution in [0.5, 0.6) is 0 Å². The molecule has 114 valence electrons. The molecule has 2 aliphatic rings. The van der Waals surface area contributed by atoms with Gasteiger partial charge in [0, 0.05) is 13.0 Å². The Morgan fingerprint density at radius 3 is 2.40 bits per heavy atom. The zero-order valence-corrected chi connectivity index (χ0v) is 12.2. The van der Waals surface area contributed by atoms with Gasteiger partial charge in [0.15, 0.2) is 0 Å². The number of carbonyl (C=O) groups excluding carboxylic acids is 1. The van der Waals surface area contributed by atoms with E-state index in [1.165, 1.54) is 0 Å². The molecule has 1 saturated heterocycles. The third-order valence-corrected chi connectivity index (χ3v) is 4.61. The number of carboxylic acids is 1. The molecular formula is C15H25NO4. The van der Waals surface area contributed by atoms with Crippen molar-refractivity contribution < 1.29 is 19.4 Å². The Labute approximate surface area is 120 Å². The molecule has 0 radical (unpaired) electrons. The van der Waals surface area contributed by atoms with Gasteiger partial charge < -0.3 is 15.2 Å². The van der Waals surface area contributed by atoms with Crippen molar-refractivity contribution in [2.75, 3.05) is 13.2 Å². The fraction of sp³-hybridized carbons (Fsp3) is 0.867. The molecule has 1 atom stereocenters. The summed E-state index contributed by atoms with van der Waals surface area (Å²) in [5.41, 5.74) is -0.625. The summed E-state index contributed by atoms with van der Waals surface area (Å²) < 4.78 is 5.44. The van der Waals surface area contributed by atoms with Gasteiger partial charge in [-0.25, -0.2) is 0 Å². The number of ether oxygens (including phenoxy) is 1. The Morgan fingerprint density at radius 2 is 1.85 bits per heavy atom. The first-order valence-corrected chi connectivity index (χ1v) is 7.54. The van der Waals surface area contributed by atoms with E-state index in [9.17, 15) is 9.59 Å². The van der Waals surface area contributed by atoms with Crippen LogP contribution in [0.2, 0.25) is 0 Å². The zero-order valence-electron chi connectivity index (χ0n) is 12.2. The van der Waals surface area contributed by atoms with Crippen LogP contribution in [0.3, 0.4) is 0 Å². The third-order valence-electron chi connectivity index (χ3n) is 4.61. The summed E-state index contributed by atoms with van der Waals surface area (Å²) in [5.74, 6) is -0.826. The van der Waals surface area contributed by atoms with Crippen molar-refractivity contribution in [2.24, 2.45) is 5.41 Å². The first-order chi connectivity index (χ1) is 9.43. The quantitative estimate of drug-likeness (QED) is 0.810. The third kappa shape index (κ3) is 3.95. The van der Waals surface area contributed by atoms with Gasteiger partial charge in [-0.3, -0.25) is 9.59 Å². The van der Waals surface area contributed by atoms with Crippen LogP contribution in [0, 0.1) is 5.41 Å². The Morgan fingerprint density at radius 1 is 1.15 bits per heavy atom. The molecule has 1 saturated carbocycles. The van der Waals surface area contributed by atoms with Gasteiger partial charge in [-0.2, -0.15) is 0 Å². The van der Waals surface area contributed by atoms with Crippen molar-refractivity contribution >= 4 is 11.9 Å². The predicted molar refractivity (Wildman–Crippen MR) is 74.4 cm³/mol. The fourth-order valence-corrected chi connectivity index (χ4v) is 3.62. The van der Waals surface area contributed by atoms with Crippen molar-refractivity contribution in [3.8, 4) is 0 Å². The average Bonchev–Trinajstić information content (AvgIpc) is 2.76. The summed E-state index contributed by atoms with van der Waals surface area (Å²) in [6.07, 6.45) is 6.06. The fourth-order valence-electron chi connectivity index (χ4n) is 3.62. The van der Waals surface area contributed by atoms with Crippen LogP contribution in [0.25, 0.3) is 0 Å². The first-order valence-electron chi connectivity index (χ1n) is 7.54. The number of carbonyl (C=O) groups is 2. The summed E-state index contributed by atoms with van der Waals surface area (Å²) >= 11 is 0. The summed E-state index contributed by atoms with van der Waals surface area (Å²) in [5, 5.41) is 12.1. The minimum atomic E-state index is -0.799. The number of nitrogens with one attached hydrogen (secondary N) is 1. The van der Waals surface area contributed by atoms with Crippen LogP contribution in [0.1, 0.15) is 58.3 Å². The summed E-state index contributed by atoms with van der Waals surface area (Å²) in [6.45, 7) is 3.31. The normalized spacial score (nSPS) is 29.1. The number of hydrogen-bond acceptors (Lipinski definition) is 3. The minimum Gasteiger partial charge on any atom is -0.481 e. The van der Waals surface area contributed by atoms with E-state index in [0.29, 0.717) is 13.0 Å². The second kappa shape index (κ2) is 6.12. The van der Waals surface area contributed by atoms with E-state index >= 15 is 0 Å². The predicted octanol–water partition coefficient (Wildman–Crippen LogP) is 2.10. The molecule has 20 heavy (non-hydrogen) atoms. The highest BCUT2D eigenvalue weighted by Gasteiger charge is 2.39. The molecule has 2 N–H and O–H groups in total. The van der Waals surface area contributed by atoms with Crippen LogP contribution < -0.4 is 5.32 Å². The van der Waals surface area contributed by atoms with Crippen LogP contribution in [-0.4, -0.2) is 35.7 Å². The first kappa shape index (κ1) is 15.3. The molecule has 0 spiro atoms. The minimum absolute atomic E-state index is 0.0267. The van der Waals surface area contributed by atoms with E-state index in [4.69, 9.17) is 9.84 Å². The van der Waals surface area contributed by atoms with Crippen molar-refractivity contribution in [3.05, 3.63) is 0 Å². The molecule has 1 aliphatic heterocycles. The van der Waals surface area contributed by atoms with Crippen molar-refractivity contribution in [1.29, 1.82) is 0 Å². The smallest absolute Gasteiger partial charge is 0.303 e. The maximum absolute atomic E-state index is 12.3. The Balaban J connectivity index is 1.93. The highest BCUT2D eigenvalue weighted by Crippen LogP contribution is 2.44. The van der Waals surface area contributed by atoms with Crippen LogP contribution in [-0.2, 0) is 14.3 Å². The molecule has 0 aromatic carbocycles. The second-order valence-corrected chi connectivity index (χ2v) is 6.72. The number of hydrogen-bond donors (Lipinski definition) is 2. The maximum atomic E-state index is 12.3. The lowest BCUT2D eigenvalue weighted by Gasteiger charge is -2.36. The Hall–Kier alpha value is -1.10. The average molecular weight is 283 g/mol. The van der Waals surface area contributed by atoms with E-state index in [0.717, 1.165) is 45.1 Å². The lowest BCUT2D eigenvalue weighted by molar-refractivity contribution is -0.140. The Bertz CT molecular complexity index is 368. The van der Waals surface area contributed by atoms with Gasteiger partial charge in [0.1, 0.15) is 0 Å². The number of rotatable bonds is 5. The highest BCUT2D eigenvalue weighted by molar-refractivity contribution is 5.79. The lowest BCUT2D eigenvalue weighted by Crippen LogP contribution is -2.52. The van der Waals surface area contributed by atoms with Crippen molar-refractivity contribution in [1.82, 2.24) is 5.32 Å². The van der Waals surface area contributed by atoms with Gasteiger partial charge in [-0.05, 0) is 38.0 Å². The zero-order chi connectivity index (χ0) is 14.6. The van der Waals surface area contributed by atoms with Gasteiger partial charge in [-0.1, -0.05) is 12.8 Å². The van der Waals surface area contributed by atoms with E-state index < -0.39 is 5.97 Å². The van der Waals surface area contributed by atoms with E-state index in [1.54, 1.807) is 0 Å². The maximum Gasteiger partial charge on any atom is 0.303 e. The van der Waals surface area contributed by atoms with Crippen LogP contribution in [0.4, 0.5) is 0 Å². The monoisotopic (exact) mass is 283 g/mol. The number of amides is 1. The molecule has 2 rings (SSSR count). The second-order valence-electron chi connectivity index (χ2n) is 6.72. The topological polar surface area (TPSA) is 75.6 Å². The van der Waals surface area contributed by atoms with Gasteiger partial charge in [0.2, 0.25) is 5.91 Å². The molecule has 0 bridgehead atoms. The van der Waals surface area contributed by atoms with Crippen molar-refractivity contribution in [2.45, 2.75) is 63.8 Å². The molecule has 1 heterocycles. The summed E-state index contributed by atoms with van der Waals surface area (Å²) in [7, 11) is 0. The van der Waals surface area contributed by atoms with Gasteiger partial charge in [0.05, 0.1) is 18.6 Å². The number of carboxylic acid groups (broad SMARTS) is 1. The van der Waals surface area contributed by atoms with E-state index in [-0.39, 0.29) is 23.3 Å². The molecule has 0 aromatic heterocycles. The SMILES string of the molecule is CC1(NC(=O)CC2(CC(=O)O)CCCC2)CCCOC1. The molecule has 1 amide bonds. The van der Waals surface area contributed by atoms with E-state index in [1.807, 2.05) is 6.92 Å². The van der Waals surface area contributed by atoms with E-state index in [2.05, 4.69) is 5.32 Å². The van der Waals surface area contributed by atoms with Crippen molar-refractivity contribution in [3.63, 3.8) is 0 Å². The molecule has 2 fully saturated rings. The molecule has 5 nitrogen and oxygen atoms in total. The molecule has 0 aromatic rings. The highest BCUT2D eigenvalue weighted by atomic mass is 16.5. The van der Waals surface area contributed by atoms with Gasteiger partial charge in [-0.15, -0.1) is 0 Å². The van der Waals surface area contributed by atoms with Gasteiger partial charge >= 0.3 is 5.97 Å². The standard InChI is InChI=1S/C15H25NO4/c1-14(5-4-8-20-11-14)16-12(17)9-15(10-13(18)19)6-2-3-7-15/h2-11H2,1H3,(H,16,17)(H,18,19). The van der Waals surface area contributed by atoms with Crippen LogP contribution in [0.15, 0.2) is 0 Å². The van der Waals surface area contributed by atoms with Crippen LogP contribution >= 0.6 is 0 Å². The summed E-state index contributed by atoms with van der Waals surface area (Å²) in [6, 6.07) is 0. The molecular weight excluding hydrogens is 258 g/mol.